The summed E-state index contributed by atoms with van der Waals surface area (Å²) in [4.78, 5) is 42.3. The molecule has 3 heterocycles. The molecule has 190 valence electrons. The normalized spacial score (nSPS) is 14.1. The van der Waals surface area contributed by atoms with E-state index in [4.69, 9.17) is 0 Å². The molecule has 0 unspecified atom stereocenters. The number of aromatic nitrogens is 3. The van der Waals surface area contributed by atoms with Gasteiger partial charge in [-0.3, -0.25) is 14.6 Å². The van der Waals surface area contributed by atoms with Crippen LogP contribution in [0.1, 0.15) is 39.7 Å². The quantitative estimate of drug-likeness (QED) is 0.469. The first-order valence-electron chi connectivity index (χ1n) is 12.4. The Hall–Kier alpha value is -3.72. The van der Waals surface area contributed by atoms with Gasteiger partial charge in [-0.1, -0.05) is 0 Å². The molecule has 0 spiro atoms. The Balaban J connectivity index is 1.59. The van der Waals surface area contributed by atoms with Crippen LogP contribution in [0, 0.1) is 20.8 Å². The third kappa shape index (κ3) is 5.57. The fourth-order valence-electron chi connectivity index (χ4n) is 4.51. The highest BCUT2D eigenvalue weighted by atomic mass is 16.1. The Morgan fingerprint density at radius 1 is 1.06 bits per heavy atom. The fraction of sp³-hybridized carbons (Fsp3) is 0.407. The summed E-state index contributed by atoms with van der Waals surface area (Å²) in [5, 5.41) is 6.28. The largest absolute Gasteiger partial charge is 0.385 e. The standard InChI is InChI=1S/C27H35N7O2/c1-6-28-23-13-20(24-15-30-25(16-29-24)34-9-7-33(5)8-10-34)12-21(19(23)4)26(35)31-14-22-17(2)11-18(3)32-27(22)36/h11-13,15-16,28H,6-10,14H2,1-5H3,(H,31,35)(H,32,36). The molecular weight excluding hydrogens is 454 g/mol. The minimum atomic E-state index is -0.241. The van der Waals surface area contributed by atoms with E-state index in [0.29, 0.717) is 16.8 Å². The number of H-pyrrole nitrogens is 1. The molecule has 0 saturated carbocycles. The van der Waals surface area contributed by atoms with Crippen LogP contribution >= 0.6 is 0 Å². The molecule has 1 aliphatic heterocycles. The molecule has 1 aliphatic rings. The Bertz CT molecular complexity index is 1290. The van der Waals surface area contributed by atoms with E-state index >= 15 is 0 Å². The fourth-order valence-corrected chi connectivity index (χ4v) is 4.51. The van der Waals surface area contributed by atoms with Gasteiger partial charge < -0.3 is 25.4 Å². The van der Waals surface area contributed by atoms with Gasteiger partial charge in [0.05, 0.1) is 18.1 Å². The van der Waals surface area contributed by atoms with Crippen LogP contribution in [0.25, 0.3) is 11.3 Å². The molecule has 1 saturated heterocycles. The number of carbonyl (C=O) groups is 1. The number of piperazine rings is 1. The number of hydrogen-bond acceptors (Lipinski definition) is 7. The second kappa shape index (κ2) is 10.9. The van der Waals surface area contributed by atoms with Crippen molar-refractivity contribution in [2.75, 3.05) is 50.0 Å². The molecule has 9 nitrogen and oxygen atoms in total. The van der Waals surface area contributed by atoms with Crippen molar-refractivity contribution >= 4 is 17.4 Å². The van der Waals surface area contributed by atoms with E-state index in [0.717, 1.165) is 66.6 Å². The van der Waals surface area contributed by atoms with Crippen LogP contribution < -0.4 is 21.1 Å². The molecule has 3 N–H and O–H groups in total. The maximum absolute atomic E-state index is 13.3. The van der Waals surface area contributed by atoms with Gasteiger partial charge in [0.1, 0.15) is 5.82 Å². The van der Waals surface area contributed by atoms with Crippen molar-refractivity contribution < 1.29 is 4.79 Å². The predicted molar refractivity (Wildman–Crippen MR) is 144 cm³/mol. The molecular formula is C27H35N7O2. The first-order chi connectivity index (χ1) is 17.3. The van der Waals surface area contributed by atoms with Crippen molar-refractivity contribution in [2.45, 2.75) is 34.2 Å². The lowest BCUT2D eigenvalue weighted by Gasteiger charge is -2.32. The molecule has 0 radical (unpaired) electrons. The van der Waals surface area contributed by atoms with Gasteiger partial charge in [0, 0.05) is 67.3 Å². The predicted octanol–water partition coefficient (Wildman–Crippen LogP) is 2.87. The minimum Gasteiger partial charge on any atom is -0.385 e. The van der Waals surface area contributed by atoms with Gasteiger partial charge in [-0.2, -0.15) is 0 Å². The lowest BCUT2D eigenvalue weighted by Crippen LogP contribution is -2.44. The summed E-state index contributed by atoms with van der Waals surface area (Å²) < 4.78 is 0. The maximum Gasteiger partial charge on any atom is 0.253 e. The van der Waals surface area contributed by atoms with E-state index in [1.165, 1.54) is 0 Å². The van der Waals surface area contributed by atoms with Crippen molar-refractivity contribution in [2.24, 2.45) is 0 Å². The zero-order valence-electron chi connectivity index (χ0n) is 21.7. The number of amides is 1. The van der Waals surface area contributed by atoms with E-state index in [1.807, 2.05) is 45.9 Å². The molecule has 0 bridgehead atoms. The molecule has 9 heteroatoms. The van der Waals surface area contributed by atoms with E-state index < -0.39 is 0 Å². The average Bonchev–Trinajstić information content (AvgIpc) is 2.85. The van der Waals surface area contributed by atoms with Crippen LogP contribution in [0.4, 0.5) is 11.5 Å². The molecule has 1 fully saturated rings. The number of rotatable bonds is 7. The number of anilines is 2. The lowest BCUT2D eigenvalue weighted by molar-refractivity contribution is 0.0950. The summed E-state index contributed by atoms with van der Waals surface area (Å²) in [7, 11) is 2.12. The van der Waals surface area contributed by atoms with E-state index in [1.54, 1.807) is 12.4 Å². The first kappa shape index (κ1) is 25.4. The smallest absolute Gasteiger partial charge is 0.253 e. The molecule has 0 atom stereocenters. The summed E-state index contributed by atoms with van der Waals surface area (Å²) in [6, 6.07) is 5.75. The van der Waals surface area contributed by atoms with Gasteiger partial charge in [0.2, 0.25) is 0 Å². The number of aryl methyl sites for hydroxylation is 2. The van der Waals surface area contributed by atoms with Crippen LogP contribution in [0.5, 0.6) is 0 Å². The van der Waals surface area contributed by atoms with Crippen LogP contribution in [-0.2, 0) is 6.54 Å². The van der Waals surface area contributed by atoms with Crippen molar-refractivity contribution in [3.8, 4) is 11.3 Å². The van der Waals surface area contributed by atoms with E-state index in [-0.39, 0.29) is 18.0 Å². The van der Waals surface area contributed by atoms with Crippen molar-refractivity contribution in [1.29, 1.82) is 0 Å². The highest BCUT2D eigenvalue weighted by molar-refractivity contribution is 5.98. The van der Waals surface area contributed by atoms with Crippen molar-refractivity contribution in [1.82, 2.24) is 25.2 Å². The van der Waals surface area contributed by atoms with Gasteiger partial charge >= 0.3 is 0 Å². The number of benzene rings is 1. The molecule has 4 rings (SSSR count). The highest BCUT2D eigenvalue weighted by Crippen LogP contribution is 2.28. The van der Waals surface area contributed by atoms with Crippen LogP contribution in [0.3, 0.4) is 0 Å². The molecule has 2 aromatic heterocycles. The van der Waals surface area contributed by atoms with Gasteiger partial charge in [-0.15, -0.1) is 0 Å². The van der Waals surface area contributed by atoms with Crippen LogP contribution in [0.15, 0.2) is 35.4 Å². The zero-order valence-corrected chi connectivity index (χ0v) is 21.7. The van der Waals surface area contributed by atoms with Crippen LogP contribution in [0.2, 0.25) is 0 Å². The summed E-state index contributed by atoms with van der Waals surface area (Å²) in [5.74, 6) is 0.623. The van der Waals surface area contributed by atoms with Gasteiger partial charge in [0.15, 0.2) is 0 Å². The average molecular weight is 490 g/mol. The van der Waals surface area contributed by atoms with Gasteiger partial charge in [-0.25, -0.2) is 4.98 Å². The number of aromatic amines is 1. The van der Waals surface area contributed by atoms with Gasteiger partial charge in [0.25, 0.3) is 11.5 Å². The maximum atomic E-state index is 13.3. The summed E-state index contributed by atoms with van der Waals surface area (Å²) in [6.07, 6.45) is 3.57. The summed E-state index contributed by atoms with van der Waals surface area (Å²) >= 11 is 0. The van der Waals surface area contributed by atoms with Crippen LogP contribution in [-0.4, -0.2) is 65.5 Å². The molecule has 36 heavy (non-hydrogen) atoms. The zero-order chi connectivity index (χ0) is 25.8. The first-order valence-corrected chi connectivity index (χ1v) is 12.4. The minimum absolute atomic E-state index is 0.153. The number of hydrogen-bond donors (Lipinski definition) is 3. The van der Waals surface area contributed by atoms with Crippen molar-refractivity contribution in [3.63, 3.8) is 0 Å². The Morgan fingerprint density at radius 2 is 1.81 bits per heavy atom. The molecule has 1 amide bonds. The van der Waals surface area contributed by atoms with Crippen molar-refractivity contribution in [3.05, 3.63) is 68.9 Å². The number of nitrogens with one attached hydrogen (secondary N) is 3. The molecule has 3 aromatic rings. The Kier molecular flexibility index (Phi) is 7.69. The lowest BCUT2D eigenvalue weighted by atomic mass is 10.00. The Morgan fingerprint density at radius 3 is 2.44 bits per heavy atom. The molecule has 1 aromatic carbocycles. The Labute approximate surface area is 212 Å². The highest BCUT2D eigenvalue weighted by Gasteiger charge is 2.18. The topological polar surface area (TPSA) is 106 Å². The van der Waals surface area contributed by atoms with E-state index in [2.05, 4.69) is 42.4 Å². The summed E-state index contributed by atoms with van der Waals surface area (Å²) in [6.45, 7) is 12.4. The second-order valence-electron chi connectivity index (χ2n) is 9.40. The third-order valence-electron chi connectivity index (χ3n) is 6.70. The number of pyridine rings is 1. The van der Waals surface area contributed by atoms with Gasteiger partial charge in [-0.05, 0) is 64.1 Å². The molecule has 0 aliphatic carbocycles. The number of likely N-dealkylation sites (N-methyl/N-ethyl adjacent to an activating group) is 1. The number of carbonyl (C=O) groups excluding carboxylic acids is 1. The third-order valence-corrected chi connectivity index (χ3v) is 6.70. The van der Waals surface area contributed by atoms with E-state index in [9.17, 15) is 9.59 Å². The monoisotopic (exact) mass is 489 g/mol. The number of nitrogens with zero attached hydrogens (tertiary/aromatic N) is 4. The second-order valence-corrected chi connectivity index (χ2v) is 9.40. The SMILES string of the molecule is CCNc1cc(-c2cnc(N3CCN(C)CC3)cn2)cc(C(=O)NCc2c(C)cc(C)[nH]c2=O)c1C. The summed E-state index contributed by atoms with van der Waals surface area (Å²) in [5.41, 5.74) is 5.79.